The predicted octanol–water partition coefficient (Wildman–Crippen LogP) is 4.10. The van der Waals surface area contributed by atoms with Crippen molar-refractivity contribution in [1.82, 2.24) is 4.90 Å². The summed E-state index contributed by atoms with van der Waals surface area (Å²) in [5, 5.41) is 0. The Hall–Kier alpha value is -2.39. The van der Waals surface area contributed by atoms with E-state index in [9.17, 15) is 4.79 Å². The highest BCUT2D eigenvalue weighted by molar-refractivity contribution is 6.10. The van der Waals surface area contributed by atoms with Crippen molar-refractivity contribution in [2.24, 2.45) is 0 Å². The van der Waals surface area contributed by atoms with Crippen LogP contribution in [-0.4, -0.2) is 30.9 Å². The molecule has 1 amide bonds. The van der Waals surface area contributed by atoms with Crippen LogP contribution < -0.4 is 4.90 Å². The van der Waals surface area contributed by atoms with E-state index in [-0.39, 0.29) is 11.8 Å². The van der Waals surface area contributed by atoms with Crippen molar-refractivity contribution in [3.05, 3.63) is 71.8 Å². The Balaban J connectivity index is 1.68. The van der Waals surface area contributed by atoms with Crippen LogP contribution in [0.3, 0.4) is 0 Å². The second kappa shape index (κ2) is 6.25. The molecule has 2 aromatic carbocycles. The van der Waals surface area contributed by atoms with Gasteiger partial charge >= 0.3 is 0 Å². The molecule has 0 spiro atoms. The van der Waals surface area contributed by atoms with E-state index < -0.39 is 0 Å². The molecule has 0 N–H and O–H groups in total. The number of para-hydroxylation sites is 2. The minimum atomic E-state index is -0.0592. The molecule has 3 nitrogen and oxygen atoms in total. The van der Waals surface area contributed by atoms with Gasteiger partial charge in [-0.2, -0.15) is 0 Å². The fourth-order valence-electron chi connectivity index (χ4n) is 3.69. The number of rotatable bonds is 3. The minimum absolute atomic E-state index is 0.0592. The van der Waals surface area contributed by atoms with Crippen molar-refractivity contribution < 1.29 is 4.79 Å². The summed E-state index contributed by atoms with van der Waals surface area (Å²) < 4.78 is 0. The molecule has 0 radical (unpaired) electrons. The number of carbonyl (C=O) groups is 1. The molecule has 4 rings (SSSR count). The van der Waals surface area contributed by atoms with Gasteiger partial charge < -0.3 is 4.90 Å². The number of anilines is 2. The Morgan fingerprint density at radius 1 is 1.04 bits per heavy atom. The zero-order chi connectivity index (χ0) is 16.5. The van der Waals surface area contributed by atoms with Crippen molar-refractivity contribution in [3.8, 4) is 0 Å². The van der Waals surface area contributed by atoms with Crippen molar-refractivity contribution >= 4 is 17.3 Å². The first-order chi connectivity index (χ1) is 11.7. The number of carbonyl (C=O) groups excluding carboxylic acids is 1. The Morgan fingerprint density at radius 3 is 2.54 bits per heavy atom. The Morgan fingerprint density at radius 2 is 1.79 bits per heavy atom. The van der Waals surface area contributed by atoms with Gasteiger partial charge in [-0.05, 0) is 43.7 Å². The second-order valence-corrected chi connectivity index (χ2v) is 6.70. The van der Waals surface area contributed by atoms with Crippen LogP contribution in [0.25, 0.3) is 0 Å². The number of amides is 1. The van der Waals surface area contributed by atoms with Crippen LogP contribution in [0.5, 0.6) is 0 Å². The molecular weight excluding hydrogens is 296 g/mol. The van der Waals surface area contributed by atoms with Gasteiger partial charge in [-0.15, -0.1) is 0 Å². The Kier molecular flexibility index (Phi) is 3.95. The lowest BCUT2D eigenvalue weighted by Gasteiger charge is -2.23. The van der Waals surface area contributed by atoms with E-state index >= 15 is 0 Å². The van der Waals surface area contributed by atoms with E-state index in [1.165, 1.54) is 5.57 Å². The van der Waals surface area contributed by atoms with Gasteiger partial charge in [0.05, 0.1) is 11.6 Å². The lowest BCUT2D eigenvalue weighted by molar-refractivity contribution is -0.118. The van der Waals surface area contributed by atoms with Gasteiger partial charge in [0.1, 0.15) is 0 Å². The third kappa shape index (κ3) is 2.65. The molecule has 2 heterocycles. The quantitative estimate of drug-likeness (QED) is 0.796. The number of nitrogens with zero attached hydrogens (tertiary/aromatic N) is 2. The highest BCUT2D eigenvalue weighted by atomic mass is 16.2. The van der Waals surface area contributed by atoms with Crippen LogP contribution in [0.2, 0.25) is 0 Å². The summed E-state index contributed by atoms with van der Waals surface area (Å²) >= 11 is 0. The normalized spacial score (nSPS) is 20.9. The zero-order valence-corrected chi connectivity index (χ0v) is 14.0. The number of hydrogen-bond donors (Lipinski definition) is 0. The summed E-state index contributed by atoms with van der Waals surface area (Å²) in [6, 6.07) is 18.2. The molecular formula is C21H22N2O. The van der Waals surface area contributed by atoms with Crippen LogP contribution in [-0.2, 0) is 4.79 Å². The van der Waals surface area contributed by atoms with Crippen LogP contribution in [0.1, 0.15) is 24.3 Å². The smallest absolute Gasteiger partial charge is 0.239 e. The van der Waals surface area contributed by atoms with Crippen molar-refractivity contribution in [2.45, 2.75) is 18.8 Å². The molecule has 1 atom stereocenters. The number of hydrogen-bond acceptors (Lipinski definition) is 2. The summed E-state index contributed by atoms with van der Waals surface area (Å²) in [4.78, 5) is 17.4. The highest BCUT2D eigenvalue weighted by Gasteiger charge is 2.38. The van der Waals surface area contributed by atoms with E-state index in [4.69, 9.17) is 0 Å². The van der Waals surface area contributed by atoms with Gasteiger partial charge in [-0.25, -0.2) is 0 Å². The predicted molar refractivity (Wildman–Crippen MR) is 97.6 cm³/mol. The average molecular weight is 318 g/mol. The summed E-state index contributed by atoms with van der Waals surface area (Å²) in [5.74, 6) is 0.137. The molecule has 0 aromatic heterocycles. The van der Waals surface area contributed by atoms with Gasteiger partial charge in [-0.3, -0.25) is 9.69 Å². The molecule has 122 valence electrons. The first kappa shape index (κ1) is 15.2. The van der Waals surface area contributed by atoms with Crippen LogP contribution in [0.4, 0.5) is 11.4 Å². The van der Waals surface area contributed by atoms with Crippen LogP contribution >= 0.6 is 0 Å². The van der Waals surface area contributed by atoms with Crippen LogP contribution in [0.15, 0.2) is 66.2 Å². The second-order valence-electron chi connectivity index (χ2n) is 6.70. The summed E-state index contributed by atoms with van der Waals surface area (Å²) in [7, 11) is 2.14. The molecule has 3 heteroatoms. The minimum Gasteiger partial charge on any atom is -0.302 e. The van der Waals surface area contributed by atoms with E-state index in [1.807, 2.05) is 47.4 Å². The van der Waals surface area contributed by atoms with E-state index in [0.29, 0.717) is 0 Å². The third-order valence-electron chi connectivity index (χ3n) is 5.06. The monoisotopic (exact) mass is 318 g/mol. The topological polar surface area (TPSA) is 23.6 Å². The maximum atomic E-state index is 13.2. The maximum absolute atomic E-state index is 13.2. The van der Waals surface area contributed by atoms with Crippen molar-refractivity contribution in [3.63, 3.8) is 0 Å². The molecule has 24 heavy (non-hydrogen) atoms. The number of benzene rings is 2. The van der Waals surface area contributed by atoms with E-state index in [2.05, 4.69) is 30.2 Å². The SMILES string of the molecule is CN1CC=C(CC2C(=O)N(c3ccccc3)c3ccccc32)CC1. The molecule has 0 aliphatic carbocycles. The first-order valence-electron chi connectivity index (χ1n) is 8.58. The summed E-state index contributed by atoms with van der Waals surface area (Å²) in [5.41, 5.74) is 4.56. The summed E-state index contributed by atoms with van der Waals surface area (Å²) in [6.45, 7) is 2.07. The number of likely N-dealkylation sites (N-methyl/N-ethyl adjacent to an activating group) is 1. The fraction of sp³-hybridized carbons (Fsp3) is 0.286. The van der Waals surface area contributed by atoms with Crippen molar-refractivity contribution in [2.75, 3.05) is 25.0 Å². The molecule has 2 aliphatic rings. The van der Waals surface area contributed by atoms with Gasteiger partial charge in [0, 0.05) is 18.8 Å². The first-order valence-corrected chi connectivity index (χ1v) is 8.58. The Labute approximate surface area is 143 Å². The molecule has 0 saturated carbocycles. The fourth-order valence-corrected chi connectivity index (χ4v) is 3.69. The molecule has 0 saturated heterocycles. The molecule has 2 aliphatic heterocycles. The highest BCUT2D eigenvalue weighted by Crippen LogP contribution is 2.44. The number of fused-ring (bicyclic) bond motifs is 1. The zero-order valence-electron chi connectivity index (χ0n) is 14.0. The Bertz CT molecular complexity index is 781. The van der Waals surface area contributed by atoms with Gasteiger partial charge in [0.15, 0.2) is 0 Å². The van der Waals surface area contributed by atoms with E-state index in [0.717, 1.165) is 42.9 Å². The molecule has 1 unspecified atom stereocenters. The lowest BCUT2D eigenvalue weighted by atomic mass is 9.90. The summed E-state index contributed by atoms with van der Waals surface area (Å²) in [6.07, 6.45) is 4.20. The molecule has 2 aromatic rings. The molecule has 0 fully saturated rings. The lowest BCUT2D eigenvalue weighted by Crippen LogP contribution is -2.27. The van der Waals surface area contributed by atoms with Gasteiger partial charge in [0.25, 0.3) is 0 Å². The molecule has 0 bridgehead atoms. The largest absolute Gasteiger partial charge is 0.302 e. The van der Waals surface area contributed by atoms with Gasteiger partial charge in [0.2, 0.25) is 5.91 Å². The van der Waals surface area contributed by atoms with E-state index in [1.54, 1.807) is 0 Å². The standard InChI is InChI=1S/C21H22N2O/c1-22-13-11-16(12-14-22)15-19-18-9-5-6-10-20(18)23(21(19)24)17-7-3-2-4-8-17/h2-11,19H,12-15H2,1H3. The van der Waals surface area contributed by atoms with Gasteiger partial charge in [-0.1, -0.05) is 48.0 Å². The maximum Gasteiger partial charge on any atom is 0.239 e. The average Bonchev–Trinajstić information content (AvgIpc) is 2.90. The third-order valence-corrected chi connectivity index (χ3v) is 5.06. The van der Waals surface area contributed by atoms with Crippen LogP contribution in [0, 0.1) is 0 Å². The van der Waals surface area contributed by atoms with Crippen molar-refractivity contribution in [1.29, 1.82) is 0 Å².